The van der Waals surface area contributed by atoms with Crippen molar-refractivity contribution < 1.29 is 8.42 Å². The predicted molar refractivity (Wildman–Crippen MR) is 109 cm³/mol. The van der Waals surface area contributed by atoms with Crippen molar-refractivity contribution in [2.75, 3.05) is 14.1 Å². The number of aryl methyl sites for hydroxylation is 3. The van der Waals surface area contributed by atoms with Crippen LogP contribution in [0.4, 0.5) is 0 Å². The van der Waals surface area contributed by atoms with Gasteiger partial charge in [0, 0.05) is 30.1 Å². The smallest absolute Gasteiger partial charge is 0.226 e. The Kier molecular flexibility index (Phi) is 5.39. The molecule has 8 heteroatoms. The molecule has 0 atom stereocenters. The van der Waals surface area contributed by atoms with Gasteiger partial charge in [-0.1, -0.05) is 12.1 Å². The lowest BCUT2D eigenvalue weighted by atomic mass is 10.2. The monoisotopic (exact) mass is 407 g/mol. The summed E-state index contributed by atoms with van der Waals surface area (Å²) in [4.78, 5) is 11.7. The lowest BCUT2D eigenvalue weighted by molar-refractivity contribution is 0.520. The zero-order valence-electron chi connectivity index (χ0n) is 15.4. The molecule has 0 saturated heterocycles. The number of hydrogen-bond donors (Lipinski definition) is 0. The van der Waals surface area contributed by atoms with E-state index in [2.05, 4.69) is 23.8 Å². The molecule has 0 aliphatic rings. The third-order valence-corrected chi connectivity index (χ3v) is 8.12. The van der Waals surface area contributed by atoms with Crippen LogP contribution < -0.4 is 0 Å². The molecule has 3 aromatic rings. The number of rotatable bonds is 5. The molecule has 0 unspecified atom stereocenters. The fourth-order valence-corrected chi connectivity index (χ4v) is 5.76. The van der Waals surface area contributed by atoms with Crippen molar-refractivity contribution in [3.8, 4) is 0 Å². The quantitative estimate of drug-likeness (QED) is 0.469. The fourth-order valence-electron chi connectivity index (χ4n) is 2.58. The molecule has 26 heavy (non-hydrogen) atoms. The van der Waals surface area contributed by atoms with Crippen molar-refractivity contribution in [2.45, 2.75) is 36.4 Å². The van der Waals surface area contributed by atoms with Crippen molar-refractivity contribution >= 4 is 43.3 Å². The van der Waals surface area contributed by atoms with Crippen LogP contribution in [0.2, 0.25) is 0 Å². The maximum Gasteiger partial charge on any atom is 0.242 e. The van der Waals surface area contributed by atoms with E-state index in [4.69, 9.17) is 0 Å². The van der Waals surface area contributed by atoms with E-state index in [-0.39, 0.29) is 0 Å². The van der Waals surface area contributed by atoms with Gasteiger partial charge in [0.05, 0.1) is 4.90 Å². The van der Waals surface area contributed by atoms with Gasteiger partial charge in [-0.3, -0.25) is 0 Å². The number of nitrogens with zero attached hydrogens (tertiary/aromatic N) is 3. The Balaban J connectivity index is 1.92. The number of thiophene rings is 1. The minimum absolute atomic E-state index is 0.312. The molecule has 0 spiro atoms. The van der Waals surface area contributed by atoms with Gasteiger partial charge in [0.2, 0.25) is 10.0 Å². The number of benzene rings is 1. The van der Waals surface area contributed by atoms with E-state index in [1.165, 1.54) is 14.7 Å². The lowest BCUT2D eigenvalue weighted by Crippen LogP contribution is -2.22. The highest BCUT2D eigenvalue weighted by Crippen LogP contribution is 2.36. The zero-order valence-corrected chi connectivity index (χ0v) is 17.8. The SMILES string of the molecule is Cc1nc(SCc2cccc(S(=O)(=O)N(C)C)c2)c2c(C)c(C)sc2n1. The topological polar surface area (TPSA) is 63.2 Å². The number of thioether (sulfide) groups is 1. The summed E-state index contributed by atoms with van der Waals surface area (Å²) in [7, 11) is -0.346. The molecule has 0 aliphatic carbocycles. The first kappa shape index (κ1) is 19.3. The Hall–Kier alpha value is -1.48. The van der Waals surface area contributed by atoms with E-state index in [0.29, 0.717) is 10.6 Å². The summed E-state index contributed by atoms with van der Waals surface area (Å²) in [5.41, 5.74) is 2.17. The summed E-state index contributed by atoms with van der Waals surface area (Å²) in [6.45, 7) is 6.10. The first-order valence-corrected chi connectivity index (χ1v) is 11.3. The van der Waals surface area contributed by atoms with Crippen molar-refractivity contribution in [1.29, 1.82) is 0 Å². The second-order valence-corrected chi connectivity index (χ2v) is 10.6. The van der Waals surface area contributed by atoms with Crippen LogP contribution in [0.15, 0.2) is 34.2 Å². The van der Waals surface area contributed by atoms with Crippen LogP contribution in [0.1, 0.15) is 21.8 Å². The highest BCUT2D eigenvalue weighted by molar-refractivity contribution is 7.98. The Bertz CT molecular complexity index is 1070. The fraction of sp³-hybridized carbons (Fsp3) is 0.333. The summed E-state index contributed by atoms with van der Waals surface area (Å²) < 4.78 is 25.9. The molecular weight excluding hydrogens is 386 g/mol. The van der Waals surface area contributed by atoms with Crippen LogP contribution in [-0.2, 0) is 15.8 Å². The van der Waals surface area contributed by atoms with Crippen LogP contribution in [0, 0.1) is 20.8 Å². The number of aromatic nitrogens is 2. The maximum absolute atomic E-state index is 12.3. The molecule has 0 saturated carbocycles. The van der Waals surface area contributed by atoms with Crippen molar-refractivity contribution in [3.63, 3.8) is 0 Å². The van der Waals surface area contributed by atoms with Crippen LogP contribution in [-0.4, -0.2) is 36.8 Å². The normalized spacial score (nSPS) is 12.2. The highest BCUT2D eigenvalue weighted by atomic mass is 32.2. The predicted octanol–water partition coefficient (Wildman–Crippen LogP) is 4.16. The average Bonchev–Trinajstić information content (AvgIpc) is 2.87. The summed E-state index contributed by atoms with van der Waals surface area (Å²) in [6.07, 6.45) is 0. The van der Waals surface area contributed by atoms with Gasteiger partial charge in [-0.2, -0.15) is 0 Å². The third-order valence-electron chi connectivity index (χ3n) is 4.16. The molecule has 0 bridgehead atoms. The average molecular weight is 408 g/mol. The molecule has 5 nitrogen and oxygen atoms in total. The summed E-state index contributed by atoms with van der Waals surface area (Å²) >= 11 is 3.31. The molecule has 1 aromatic carbocycles. The van der Waals surface area contributed by atoms with Crippen molar-refractivity contribution in [2.24, 2.45) is 0 Å². The van der Waals surface area contributed by atoms with Crippen molar-refractivity contribution in [1.82, 2.24) is 14.3 Å². The van der Waals surface area contributed by atoms with E-state index < -0.39 is 10.0 Å². The van der Waals surface area contributed by atoms with E-state index in [1.807, 2.05) is 13.0 Å². The molecule has 3 rings (SSSR count). The minimum atomic E-state index is -3.43. The van der Waals surface area contributed by atoms with E-state index in [1.54, 1.807) is 55.4 Å². The van der Waals surface area contributed by atoms with Crippen LogP contribution in [0.3, 0.4) is 0 Å². The second-order valence-electron chi connectivity index (χ2n) is 6.26. The highest BCUT2D eigenvalue weighted by Gasteiger charge is 2.18. The summed E-state index contributed by atoms with van der Waals surface area (Å²) in [5, 5.41) is 2.07. The minimum Gasteiger partial charge on any atom is -0.226 e. The van der Waals surface area contributed by atoms with Gasteiger partial charge in [0.1, 0.15) is 15.7 Å². The van der Waals surface area contributed by atoms with Crippen molar-refractivity contribution in [3.05, 3.63) is 46.1 Å². The van der Waals surface area contributed by atoms with Gasteiger partial charge in [-0.25, -0.2) is 22.7 Å². The van der Waals surface area contributed by atoms with Gasteiger partial charge in [0.25, 0.3) is 0 Å². The zero-order chi connectivity index (χ0) is 19.1. The van der Waals surface area contributed by atoms with Gasteiger partial charge in [-0.05, 0) is 44.0 Å². The van der Waals surface area contributed by atoms with E-state index in [0.717, 1.165) is 26.6 Å². The van der Waals surface area contributed by atoms with Gasteiger partial charge in [-0.15, -0.1) is 23.1 Å². The number of hydrogen-bond acceptors (Lipinski definition) is 6. The number of fused-ring (bicyclic) bond motifs is 1. The first-order valence-electron chi connectivity index (χ1n) is 8.08. The maximum atomic E-state index is 12.3. The molecule has 2 heterocycles. The second kappa shape index (κ2) is 7.26. The van der Waals surface area contributed by atoms with Crippen LogP contribution in [0.5, 0.6) is 0 Å². The third kappa shape index (κ3) is 3.64. The van der Waals surface area contributed by atoms with Crippen LogP contribution >= 0.6 is 23.1 Å². The Labute approximate surface area is 162 Å². The molecule has 2 aromatic heterocycles. The van der Waals surface area contributed by atoms with E-state index in [9.17, 15) is 8.42 Å². The molecule has 0 amide bonds. The molecule has 0 fully saturated rings. The van der Waals surface area contributed by atoms with Gasteiger partial charge < -0.3 is 0 Å². The standard InChI is InChI=1S/C18H21N3O2S3/c1-11-12(2)25-18-16(11)17(19-13(3)20-18)24-10-14-7-6-8-15(9-14)26(22,23)21(4)5/h6-9H,10H2,1-5H3. The molecule has 138 valence electrons. The summed E-state index contributed by atoms with van der Waals surface area (Å²) in [6, 6.07) is 7.09. The first-order chi connectivity index (χ1) is 12.2. The largest absolute Gasteiger partial charge is 0.242 e. The molecule has 0 aliphatic heterocycles. The molecular formula is C18H21N3O2S3. The lowest BCUT2D eigenvalue weighted by Gasteiger charge is -2.12. The molecule has 0 radical (unpaired) electrons. The Morgan fingerprint density at radius 2 is 1.88 bits per heavy atom. The van der Waals surface area contributed by atoms with Gasteiger partial charge >= 0.3 is 0 Å². The molecule has 0 N–H and O–H groups in total. The van der Waals surface area contributed by atoms with Crippen LogP contribution in [0.25, 0.3) is 10.2 Å². The van der Waals surface area contributed by atoms with E-state index >= 15 is 0 Å². The van der Waals surface area contributed by atoms with Gasteiger partial charge in [0.15, 0.2) is 0 Å². The Morgan fingerprint density at radius 3 is 2.58 bits per heavy atom. The number of sulfonamides is 1. The summed E-state index contributed by atoms with van der Waals surface area (Å²) in [5.74, 6) is 1.40. The Morgan fingerprint density at radius 1 is 1.15 bits per heavy atom.